The van der Waals surface area contributed by atoms with E-state index in [4.69, 9.17) is 9.73 Å². The average molecular weight is 591 g/mol. The topological polar surface area (TPSA) is 89.4 Å². The number of hydrogen-bond donors (Lipinski definition) is 0. The third kappa shape index (κ3) is 4.89. The number of hydrogen-bond acceptors (Lipinski definition) is 7. The molecule has 0 fully saturated rings. The van der Waals surface area contributed by atoms with E-state index in [-0.39, 0.29) is 18.7 Å². The van der Waals surface area contributed by atoms with Crippen molar-refractivity contribution in [2.45, 2.75) is 24.4 Å². The molecule has 0 saturated carbocycles. The van der Waals surface area contributed by atoms with E-state index in [0.717, 1.165) is 32.5 Å². The van der Waals surface area contributed by atoms with E-state index in [1.54, 1.807) is 23.3 Å². The van der Waals surface area contributed by atoms with Crippen molar-refractivity contribution in [1.29, 1.82) is 5.26 Å². The van der Waals surface area contributed by atoms with Crippen molar-refractivity contribution in [1.82, 2.24) is 9.13 Å². The van der Waals surface area contributed by atoms with E-state index in [0.29, 0.717) is 20.6 Å². The molecule has 0 spiro atoms. The zero-order valence-electron chi connectivity index (χ0n) is 23.0. The second-order valence-electron chi connectivity index (χ2n) is 9.59. The fourth-order valence-electron chi connectivity index (χ4n) is 5.28. The molecule has 0 radical (unpaired) electrons. The molecule has 1 atom stereocenters. The molecule has 0 amide bonds. The lowest BCUT2D eigenvalue weighted by atomic mass is 9.93. The Morgan fingerprint density at radius 1 is 1.10 bits per heavy atom. The highest BCUT2D eigenvalue weighted by Gasteiger charge is 2.35. The largest absolute Gasteiger partial charge is 0.463 e. The lowest BCUT2D eigenvalue weighted by Gasteiger charge is -2.26. The Bertz CT molecular complexity index is 2060. The highest BCUT2D eigenvalue weighted by atomic mass is 32.2. The Balaban J connectivity index is 1.64. The number of aromatic nitrogens is 2. The normalized spacial score (nSPS) is 14.9. The van der Waals surface area contributed by atoms with Crippen LogP contribution in [0, 0.1) is 11.3 Å². The zero-order chi connectivity index (χ0) is 29.2. The number of nitriles is 1. The summed E-state index contributed by atoms with van der Waals surface area (Å²) < 4.78 is 9.52. The van der Waals surface area contributed by atoms with Crippen LogP contribution in [0.15, 0.2) is 105 Å². The fourth-order valence-corrected chi connectivity index (χ4v) is 6.68. The first-order valence-corrected chi connectivity index (χ1v) is 15.5. The highest BCUT2D eigenvalue weighted by molar-refractivity contribution is 7.98. The van der Waals surface area contributed by atoms with Gasteiger partial charge in [-0.1, -0.05) is 72.0 Å². The van der Waals surface area contributed by atoms with Crippen LogP contribution in [0.3, 0.4) is 0 Å². The Morgan fingerprint density at radius 3 is 2.55 bits per heavy atom. The summed E-state index contributed by atoms with van der Waals surface area (Å²) >= 11 is 2.90. The fraction of sp³-hybridized carbons (Fsp3) is 0.152. The number of ether oxygens (including phenoxy) is 1. The third-order valence-electron chi connectivity index (χ3n) is 7.15. The Labute approximate surface area is 250 Å². The van der Waals surface area contributed by atoms with Crippen molar-refractivity contribution in [3.63, 3.8) is 0 Å². The van der Waals surface area contributed by atoms with Crippen molar-refractivity contribution < 1.29 is 9.53 Å². The molecule has 7 nitrogen and oxygen atoms in total. The number of carbonyl (C=O) groups excluding carboxylic acids is 1. The van der Waals surface area contributed by atoms with Gasteiger partial charge in [-0.15, -0.1) is 11.8 Å². The average Bonchev–Trinajstić information content (AvgIpc) is 3.53. The summed E-state index contributed by atoms with van der Waals surface area (Å²) in [4.78, 5) is 34.3. The van der Waals surface area contributed by atoms with Gasteiger partial charge < -0.3 is 9.30 Å². The van der Waals surface area contributed by atoms with Gasteiger partial charge in [0.05, 0.1) is 34.5 Å². The Morgan fingerprint density at radius 2 is 1.83 bits per heavy atom. The van der Waals surface area contributed by atoms with Gasteiger partial charge in [0.25, 0.3) is 5.56 Å². The van der Waals surface area contributed by atoms with Crippen LogP contribution in [-0.2, 0) is 16.1 Å². The number of esters is 1. The number of thiazole rings is 1. The molecular weight excluding hydrogens is 565 g/mol. The molecule has 208 valence electrons. The molecule has 3 aromatic carbocycles. The molecule has 42 heavy (non-hydrogen) atoms. The van der Waals surface area contributed by atoms with Crippen molar-refractivity contribution in [2.75, 3.05) is 12.9 Å². The van der Waals surface area contributed by atoms with E-state index < -0.39 is 12.0 Å². The van der Waals surface area contributed by atoms with E-state index in [9.17, 15) is 14.9 Å². The summed E-state index contributed by atoms with van der Waals surface area (Å²) in [5.74, 6) is -0.507. The number of nitrogens with zero attached hydrogens (tertiary/aromatic N) is 4. The van der Waals surface area contributed by atoms with E-state index >= 15 is 0 Å². The second-order valence-corrected chi connectivity index (χ2v) is 11.5. The summed E-state index contributed by atoms with van der Waals surface area (Å²) in [7, 11) is 0. The van der Waals surface area contributed by atoms with E-state index in [1.165, 1.54) is 11.3 Å². The minimum Gasteiger partial charge on any atom is -0.463 e. The molecule has 0 unspecified atom stereocenters. The number of fused-ring (bicyclic) bond motifs is 2. The van der Waals surface area contributed by atoms with Gasteiger partial charge in [0.15, 0.2) is 4.80 Å². The quantitative estimate of drug-likeness (QED) is 0.194. The molecule has 9 heteroatoms. The molecule has 0 saturated heterocycles. The smallest absolute Gasteiger partial charge is 0.338 e. The minimum absolute atomic E-state index is 0.194. The summed E-state index contributed by atoms with van der Waals surface area (Å²) in [5, 5.41) is 10.3. The van der Waals surface area contributed by atoms with Crippen molar-refractivity contribution in [3.05, 3.63) is 127 Å². The Kier molecular flexibility index (Phi) is 7.66. The van der Waals surface area contributed by atoms with Gasteiger partial charge in [-0.3, -0.25) is 9.36 Å². The number of thioether (sulfide) groups is 1. The number of para-hydroxylation sites is 1. The summed E-state index contributed by atoms with van der Waals surface area (Å²) in [6.07, 6.45) is 5.75. The van der Waals surface area contributed by atoms with Crippen LogP contribution in [0.5, 0.6) is 0 Å². The van der Waals surface area contributed by atoms with Gasteiger partial charge in [0, 0.05) is 33.1 Å². The molecule has 6 rings (SSSR count). The molecule has 1 aliphatic heterocycles. The maximum atomic E-state index is 14.2. The van der Waals surface area contributed by atoms with Crippen LogP contribution in [0.1, 0.15) is 29.7 Å². The number of benzene rings is 3. The summed E-state index contributed by atoms with van der Waals surface area (Å²) in [6, 6.07) is 26.7. The van der Waals surface area contributed by atoms with Crippen LogP contribution in [-0.4, -0.2) is 28.0 Å². The van der Waals surface area contributed by atoms with E-state index in [2.05, 4.69) is 6.07 Å². The highest BCUT2D eigenvalue weighted by Crippen LogP contribution is 2.35. The summed E-state index contributed by atoms with van der Waals surface area (Å²) in [6.45, 7) is 2.16. The molecule has 2 aromatic heterocycles. The lowest BCUT2D eigenvalue weighted by molar-refractivity contribution is -0.138. The molecule has 0 N–H and O–H groups in total. The standard InChI is InChI=1S/C33H26N4O3S2/c1-3-40-32(39)28-29(21-9-5-4-6-10-21)35-33-37(30(28)22-13-15-24(41-2)16-14-22)31(38)27(42-33)19-23-20-36(18-17-34)26-12-8-7-11-25(23)26/h4-16,19-20,30H,3,18H2,1-2H3/b27-19-/t30-/m0/s1. The molecule has 3 heterocycles. The zero-order valence-corrected chi connectivity index (χ0v) is 24.6. The Hall–Kier alpha value is -4.65. The molecule has 0 bridgehead atoms. The maximum Gasteiger partial charge on any atom is 0.338 e. The maximum absolute atomic E-state index is 14.2. The summed E-state index contributed by atoms with van der Waals surface area (Å²) in [5.41, 5.74) is 3.88. The third-order valence-corrected chi connectivity index (χ3v) is 8.88. The lowest BCUT2D eigenvalue weighted by Crippen LogP contribution is -2.40. The molecular formula is C33H26N4O3S2. The van der Waals surface area contributed by atoms with Crippen LogP contribution in [0.2, 0.25) is 0 Å². The molecule has 5 aromatic rings. The van der Waals surface area contributed by atoms with Crippen molar-refractivity contribution >= 4 is 51.7 Å². The van der Waals surface area contributed by atoms with Gasteiger partial charge in [0.1, 0.15) is 6.54 Å². The van der Waals surface area contributed by atoms with Crippen molar-refractivity contribution in [2.24, 2.45) is 4.99 Å². The van der Waals surface area contributed by atoms with Crippen LogP contribution >= 0.6 is 23.1 Å². The number of carbonyl (C=O) groups is 1. The van der Waals surface area contributed by atoms with E-state index in [1.807, 2.05) is 102 Å². The first kappa shape index (κ1) is 27.5. The molecule has 1 aliphatic rings. The van der Waals surface area contributed by atoms with Gasteiger partial charge >= 0.3 is 5.97 Å². The van der Waals surface area contributed by atoms with Gasteiger partial charge in [-0.05, 0) is 43.0 Å². The van der Waals surface area contributed by atoms with Gasteiger partial charge in [0.2, 0.25) is 0 Å². The van der Waals surface area contributed by atoms with Gasteiger partial charge in [-0.2, -0.15) is 5.26 Å². The van der Waals surface area contributed by atoms with Gasteiger partial charge in [-0.25, -0.2) is 9.79 Å². The predicted octanol–water partition coefficient (Wildman–Crippen LogP) is 5.14. The SMILES string of the molecule is CCOC(=O)C1=C(c2ccccc2)N=c2s/c(=C\c3cn(CC#N)c4ccccc34)c(=O)n2[C@H]1c1ccc(SC)cc1. The first-order chi connectivity index (χ1) is 20.5. The van der Waals surface area contributed by atoms with Crippen LogP contribution in [0.25, 0.3) is 22.7 Å². The van der Waals surface area contributed by atoms with Crippen molar-refractivity contribution in [3.8, 4) is 6.07 Å². The molecule has 0 aliphatic carbocycles. The first-order valence-electron chi connectivity index (χ1n) is 13.4. The number of rotatable bonds is 7. The predicted molar refractivity (Wildman–Crippen MR) is 167 cm³/mol. The second kappa shape index (κ2) is 11.7. The minimum atomic E-state index is -0.728. The monoisotopic (exact) mass is 590 g/mol. The van der Waals surface area contributed by atoms with Crippen LogP contribution < -0.4 is 14.9 Å². The van der Waals surface area contributed by atoms with Crippen LogP contribution in [0.4, 0.5) is 0 Å².